The fraction of sp³-hybridized carbons (Fsp3) is 0.462. The van der Waals surface area contributed by atoms with E-state index in [4.69, 9.17) is 10.6 Å². The Kier molecular flexibility index (Phi) is 8.41. The van der Waals surface area contributed by atoms with Crippen LogP contribution in [0.3, 0.4) is 0 Å². The zero-order valence-electron chi connectivity index (χ0n) is 11.2. The van der Waals surface area contributed by atoms with E-state index in [1.165, 1.54) is 0 Å². The van der Waals surface area contributed by atoms with Gasteiger partial charge >= 0.3 is 0 Å². The van der Waals surface area contributed by atoms with Crippen molar-refractivity contribution in [3.63, 3.8) is 0 Å². The van der Waals surface area contributed by atoms with Crippen molar-refractivity contribution < 1.29 is 9.76 Å². The van der Waals surface area contributed by atoms with Crippen LogP contribution in [0.15, 0.2) is 35.5 Å². The molecule has 0 unspecified atom stereocenters. The van der Waals surface area contributed by atoms with Gasteiger partial charge in [-0.2, -0.15) is 11.8 Å². The second-order valence-electron chi connectivity index (χ2n) is 3.99. The maximum absolute atomic E-state index is 10.2. The summed E-state index contributed by atoms with van der Waals surface area (Å²) in [5.41, 5.74) is 7.17. The summed E-state index contributed by atoms with van der Waals surface area (Å²) in [4.78, 5) is 15.1. The van der Waals surface area contributed by atoms with Crippen LogP contribution < -0.4 is 5.73 Å². The van der Waals surface area contributed by atoms with Crippen molar-refractivity contribution in [1.82, 2.24) is 0 Å². The van der Waals surface area contributed by atoms with Crippen molar-refractivity contribution in [2.24, 2.45) is 10.9 Å². The number of rotatable bonds is 10. The van der Waals surface area contributed by atoms with Gasteiger partial charge in [0.05, 0.1) is 5.71 Å². The van der Waals surface area contributed by atoms with Crippen LogP contribution in [0.2, 0.25) is 0 Å². The molecule has 7 heteroatoms. The van der Waals surface area contributed by atoms with Crippen LogP contribution in [0, 0.1) is 10.1 Å². The molecule has 0 saturated carbocycles. The summed E-state index contributed by atoms with van der Waals surface area (Å²) in [7, 11) is 0. The minimum absolute atomic E-state index is 0.00842. The molecule has 0 aliphatic heterocycles. The number of hydrogen-bond donors (Lipinski definition) is 1. The van der Waals surface area contributed by atoms with Crippen molar-refractivity contribution in [2.45, 2.75) is 6.42 Å². The smallest absolute Gasteiger partial charge is 0.204 e. The molecule has 6 nitrogen and oxygen atoms in total. The number of nitro groups is 1. The Morgan fingerprint density at radius 3 is 2.80 bits per heavy atom. The third-order valence-corrected chi connectivity index (χ3v) is 3.41. The van der Waals surface area contributed by atoms with Gasteiger partial charge in [0.25, 0.3) is 0 Å². The minimum atomic E-state index is -0.295. The molecule has 0 radical (unpaired) electrons. The van der Waals surface area contributed by atoms with Gasteiger partial charge in [0.2, 0.25) is 6.54 Å². The number of benzene rings is 1. The molecule has 0 atom stereocenters. The number of nitrogens with two attached hydrogens (primary N) is 1. The second kappa shape index (κ2) is 10.2. The van der Waals surface area contributed by atoms with Crippen LogP contribution in [0.1, 0.15) is 12.0 Å². The fourth-order valence-electron chi connectivity index (χ4n) is 1.43. The first-order valence-electron chi connectivity index (χ1n) is 6.38. The first kappa shape index (κ1) is 16.5. The van der Waals surface area contributed by atoms with E-state index in [9.17, 15) is 10.1 Å². The third-order valence-electron chi connectivity index (χ3n) is 2.36. The van der Waals surface area contributed by atoms with Crippen LogP contribution in [0.5, 0.6) is 0 Å². The number of nitrogens with zero attached hydrogens (tertiary/aromatic N) is 2. The summed E-state index contributed by atoms with van der Waals surface area (Å²) in [5.74, 6) is 1.38. The van der Waals surface area contributed by atoms with Crippen LogP contribution in [0.4, 0.5) is 0 Å². The van der Waals surface area contributed by atoms with Crippen molar-refractivity contribution in [3.05, 3.63) is 46.0 Å². The molecule has 0 saturated heterocycles. The molecule has 20 heavy (non-hydrogen) atoms. The zero-order valence-corrected chi connectivity index (χ0v) is 12.1. The van der Waals surface area contributed by atoms with Crippen LogP contribution in [0.25, 0.3) is 0 Å². The Labute approximate surface area is 122 Å². The van der Waals surface area contributed by atoms with Gasteiger partial charge in [0.1, 0.15) is 6.61 Å². The Bertz CT molecular complexity index is 426. The summed E-state index contributed by atoms with van der Waals surface area (Å²) in [6.45, 7) is 0.804. The van der Waals surface area contributed by atoms with Crippen LogP contribution in [-0.4, -0.2) is 41.8 Å². The molecule has 0 fully saturated rings. The van der Waals surface area contributed by atoms with Crippen LogP contribution in [-0.2, 0) is 4.84 Å². The van der Waals surface area contributed by atoms with Gasteiger partial charge in [0, 0.05) is 29.2 Å². The Morgan fingerprint density at radius 2 is 2.15 bits per heavy atom. The van der Waals surface area contributed by atoms with E-state index >= 15 is 0 Å². The quantitative estimate of drug-likeness (QED) is 0.307. The molecule has 110 valence electrons. The monoisotopic (exact) mass is 297 g/mol. The molecular formula is C13H19N3O3S. The first-order chi connectivity index (χ1) is 9.74. The molecule has 0 amide bonds. The number of oxime groups is 1. The molecule has 0 aliphatic carbocycles. The molecular weight excluding hydrogens is 278 g/mol. The molecule has 0 aromatic heterocycles. The maximum atomic E-state index is 10.2. The first-order valence-corrected chi connectivity index (χ1v) is 7.53. The Hall–Kier alpha value is -1.60. The molecule has 0 bridgehead atoms. The predicted octanol–water partition coefficient (Wildman–Crippen LogP) is 1.77. The lowest BCUT2D eigenvalue weighted by atomic mass is 10.1. The fourth-order valence-corrected chi connectivity index (χ4v) is 2.32. The average Bonchev–Trinajstić information content (AvgIpc) is 2.46. The van der Waals surface area contributed by atoms with Gasteiger partial charge in [-0.15, -0.1) is 0 Å². The van der Waals surface area contributed by atoms with Crippen molar-refractivity contribution in [2.75, 3.05) is 31.2 Å². The van der Waals surface area contributed by atoms with Crippen molar-refractivity contribution >= 4 is 17.5 Å². The highest BCUT2D eigenvalue weighted by Gasteiger charge is 2.05. The van der Waals surface area contributed by atoms with E-state index in [0.29, 0.717) is 25.3 Å². The predicted molar refractivity (Wildman–Crippen MR) is 81.8 cm³/mol. The second-order valence-corrected chi connectivity index (χ2v) is 5.09. The lowest BCUT2D eigenvalue weighted by molar-refractivity contribution is -0.479. The largest absolute Gasteiger partial charge is 0.394 e. The van der Waals surface area contributed by atoms with E-state index in [-0.39, 0.29) is 11.5 Å². The third kappa shape index (κ3) is 7.10. The van der Waals surface area contributed by atoms with E-state index in [1.807, 2.05) is 30.3 Å². The van der Waals surface area contributed by atoms with Crippen LogP contribution >= 0.6 is 11.8 Å². The lowest BCUT2D eigenvalue weighted by Crippen LogP contribution is -2.10. The summed E-state index contributed by atoms with van der Waals surface area (Å²) >= 11 is 1.61. The zero-order chi connectivity index (χ0) is 14.6. The molecule has 0 spiro atoms. The minimum Gasteiger partial charge on any atom is -0.394 e. The van der Waals surface area contributed by atoms with E-state index in [1.54, 1.807) is 11.8 Å². The summed E-state index contributed by atoms with van der Waals surface area (Å²) in [6, 6.07) is 9.73. The lowest BCUT2D eigenvalue weighted by Gasteiger charge is -2.06. The van der Waals surface area contributed by atoms with E-state index < -0.39 is 0 Å². The molecule has 2 N–H and O–H groups in total. The average molecular weight is 297 g/mol. The highest BCUT2D eigenvalue weighted by atomic mass is 32.2. The molecule has 0 heterocycles. The summed E-state index contributed by atoms with van der Waals surface area (Å²) < 4.78 is 0. The normalized spacial score (nSPS) is 11.3. The molecule has 1 rings (SSSR count). The molecule has 1 aromatic carbocycles. The summed E-state index contributed by atoms with van der Waals surface area (Å²) in [6.07, 6.45) is 0.559. The number of hydrogen-bond acceptors (Lipinski definition) is 6. The standard InChI is InChI=1S/C13H19N3O3S/c14-7-9-19-15-13(12-5-2-1-3-6-12)11-20-10-4-8-16(17)18/h1-3,5-6H,4,7-11,14H2/b15-13+. The van der Waals surface area contributed by atoms with Gasteiger partial charge in [-0.1, -0.05) is 35.5 Å². The topological polar surface area (TPSA) is 90.8 Å². The van der Waals surface area contributed by atoms with E-state index in [2.05, 4.69) is 5.16 Å². The molecule has 1 aromatic rings. The highest BCUT2D eigenvalue weighted by molar-refractivity contribution is 7.99. The Balaban J connectivity index is 2.47. The maximum Gasteiger partial charge on any atom is 0.204 e. The number of thioether (sulfide) groups is 1. The van der Waals surface area contributed by atoms with Crippen molar-refractivity contribution in [3.8, 4) is 0 Å². The van der Waals surface area contributed by atoms with Gasteiger partial charge in [-0.25, -0.2) is 0 Å². The SMILES string of the molecule is NCCO/N=C(\CSCCC[N+](=O)[O-])c1ccccc1. The van der Waals surface area contributed by atoms with Gasteiger partial charge in [0.15, 0.2) is 0 Å². The molecule has 0 aliphatic rings. The van der Waals surface area contributed by atoms with Gasteiger partial charge in [-0.05, 0) is 5.75 Å². The van der Waals surface area contributed by atoms with Crippen molar-refractivity contribution in [1.29, 1.82) is 0 Å². The highest BCUT2D eigenvalue weighted by Crippen LogP contribution is 2.10. The summed E-state index contributed by atoms with van der Waals surface area (Å²) in [5, 5.41) is 14.3. The van der Waals surface area contributed by atoms with Gasteiger partial charge < -0.3 is 10.6 Å². The van der Waals surface area contributed by atoms with E-state index in [0.717, 1.165) is 17.0 Å². The van der Waals surface area contributed by atoms with Gasteiger partial charge in [-0.3, -0.25) is 10.1 Å². The Morgan fingerprint density at radius 1 is 1.40 bits per heavy atom.